The second-order valence-electron chi connectivity index (χ2n) is 10.9. The van der Waals surface area contributed by atoms with Crippen molar-refractivity contribution >= 4 is 32.7 Å². The summed E-state index contributed by atoms with van der Waals surface area (Å²) >= 11 is 0. The van der Waals surface area contributed by atoms with E-state index < -0.39 is 0 Å². The van der Waals surface area contributed by atoms with Crippen LogP contribution in [0.1, 0.15) is 25.0 Å². The third-order valence-corrected chi connectivity index (χ3v) is 8.42. The second-order valence-corrected chi connectivity index (χ2v) is 10.9. The van der Waals surface area contributed by atoms with Crippen LogP contribution in [0.5, 0.6) is 0 Å². The van der Waals surface area contributed by atoms with Gasteiger partial charge < -0.3 is 4.57 Å². The van der Waals surface area contributed by atoms with Crippen LogP contribution in [0.25, 0.3) is 60.6 Å². The van der Waals surface area contributed by atoms with E-state index in [-0.39, 0.29) is 5.41 Å². The van der Waals surface area contributed by atoms with Gasteiger partial charge in [0.05, 0.1) is 16.6 Å². The van der Waals surface area contributed by atoms with E-state index in [1.54, 1.807) is 0 Å². The molecule has 180 valence electrons. The van der Waals surface area contributed by atoms with Crippen molar-refractivity contribution in [2.45, 2.75) is 19.3 Å². The molecule has 0 bridgehead atoms. The molecule has 5 aromatic carbocycles. The standard InChI is InChI=1S/C36H26N2/c1-36(2)31-21-24(14-16-27(31)29-20-25-9-8-18-37-33(25)22-32(29)36)23-15-17-35-30(19-23)28-12-6-7-13-34(28)38(35)26-10-4-3-5-11-26/h3-22H,1-2H3. The molecule has 0 saturated carbocycles. The molecule has 38 heavy (non-hydrogen) atoms. The number of benzene rings is 5. The van der Waals surface area contributed by atoms with Crippen LogP contribution in [0, 0.1) is 0 Å². The first kappa shape index (κ1) is 21.4. The molecule has 2 nitrogen and oxygen atoms in total. The Hall–Kier alpha value is -4.69. The SMILES string of the molecule is CC1(C)c2cc(-c3ccc4c(c3)c3ccccc3n4-c3ccccc3)ccc2-c2cc3cccnc3cc21. The molecule has 7 aromatic rings. The lowest BCUT2D eigenvalue weighted by Crippen LogP contribution is -2.15. The number of pyridine rings is 1. The zero-order valence-electron chi connectivity index (χ0n) is 21.4. The van der Waals surface area contributed by atoms with Crippen LogP contribution in [-0.4, -0.2) is 9.55 Å². The van der Waals surface area contributed by atoms with Gasteiger partial charge in [0.25, 0.3) is 0 Å². The number of para-hydroxylation sites is 2. The normalized spacial score (nSPS) is 13.7. The fourth-order valence-electron chi connectivity index (χ4n) is 6.49. The van der Waals surface area contributed by atoms with Gasteiger partial charge in [0.15, 0.2) is 0 Å². The van der Waals surface area contributed by atoms with Gasteiger partial charge >= 0.3 is 0 Å². The molecule has 0 fully saturated rings. The van der Waals surface area contributed by atoms with Crippen molar-refractivity contribution in [2.75, 3.05) is 0 Å². The quantitative estimate of drug-likeness (QED) is 0.238. The summed E-state index contributed by atoms with van der Waals surface area (Å²) in [7, 11) is 0. The highest BCUT2D eigenvalue weighted by Gasteiger charge is 2.36. The number of nitrogens with zero attached hydrogens (tertiary/aromatic N) is 2. The van der Waals surface area contributed by atoms with E-state index in [2.05, 4.69) is 133 Å². The first-order valence-electron chi connectivity index (χ1n) is 13.2. The summed E-state index contributed by atoms with van der Waals surface area (Å²) in [4.78, 5) is 4.63. The number of hydrogen-bond acceptors (Lipinski definition) is 1. The summed E-state index contributed by atoms with van der Waals surface area (Å²) in [5, 5.41) is 3.75. The van der Waals surface area contributed by atoms with Crippen molar-refractivity contribution in [3.63, 3.8) is 0 Å². The fraction of sp³-hybridized carbons (Fsp3) is 0.0833. The van der Waals surface area contributed by atoms with Crippen molar-refractivity contribution in [3.8, 4) is 27.9 Å². The maximum atomic E-state index is 4.63. The molecular formula is C36H26N2. The van der Waals surface area contributed by atoms with Crippen LogP contribution in [0.4, 0.5) is 0 Å². The van der Waals surface area contributed by atoms with Crippen LogP contribution < -0.4 is 0 Å². The van der Waals surface area contributed by atoms with E-state index in [4.69, 9.17) is 0 Å². The predicted molar refractivity (Wildman–Crippen MR) is 159 cm³/mol. The molecule has 0 spiro atoms. The Morgan fingerprint density at radius 2 is 1.32 bits per heavy atom. The molecular weight excluding hydrogens is 460 g/mol. The van der Waals surface area contributed by atoms with Crippen molar-refractivity contribution in [3.05, 3.63) is 133 Å². The second kappa shape index (κ2) is 7.66. The van der Waals surface area contributed by atoms with Gasteiger partial charge in [-0.3, -0.25) is 4.98 Å². The summed E-state index contributed by atoms with van der Waals surface area (Å²) in [5.74, 6) is 0. The Bertz CT molecular complexity index is 2040. The Balaban J connectivity index is 1.31. The lowest BCUT2D eigenvalue weighted by atomic mass is 9.81. The Labute approximate surface area is 221 Å². The van der Waals surface area contributed by atoms with E-state index >= 15 is 0 Å². The summed E-state index contributed by atoms with van der Waals surface area (Å²) in [5.41, 5.74) is 12.5. The summed E-state index contributed by atoms with van der Waals surface area (Å²) in [6.45, 7) is 4.68. The molecule has 2 aromatic heterocycles. The molecule has 0 amide bonds. The topological polar surface area (TPSA) is 17.8 Å². The summed E-state index contributed by atoms with van der Waals surface area (Å²) < 4.78 is 2.37. The minimum atomic E-state index is -0.0835. The average Bonchev–Trinajstić information content (AvgIpc) is 3.40. The minimum Gasteiger partial charge on any atom is -0.309 e. The molecule has 0 radical (unpaired) electrons. The van der Waals surface area contributed by atoms with Crippen LogP contribution in [0.3, 0.4) is 0 Å². The molecule has 1 aliphatic rings. The smallest absolute Gasteiger partial charge is 0.0705 e. The van der Waals surface area contributed by atoms with Gasteiger partial charge in [0.1, 0.15) is 0 Å². The van der Waals surface area contributed by atoms with Crippen molar-refractivity contribution < 1.29 is 0 Å². The minimum absolute atomic E-state index is 0.0835. The highest BCUT2D eigenvalue weighted by Crippen LogP contribution is 2.50. The van der Waals surface area contributed by atoms with Crippen LogP contribution >= 0.6 is 0 Å². The zero-order chi connectivity index (χ0) is 25.4. The first-order valence-corrected chi connectivity index (χ1v) is 13.2. The van der Waals surface area contributed by atoms with Gasteiger partial charge in [0.2, 0.25) is 0 Å². The zero-order valence-corrected chi connectivity index (χ0v) is 21.4. The van der Waals surface area contributed by atoms with Gasteiger partial charge in [-0.05, 0) is 88.0 Å². The maximum absolute atomic E-state index is 4.63. The van der Waals surface area contributed by atoms with Crippen LogP contribution in [-0.2, 0) is 5.41 Å². The van der Waals surface area contributed by atoms with Gasteiger partial charge in [-0.15, -0.1) is 0 Å². The monoisotopic (exact) mass is 486 g/mol. The molecule has 8 rings (SSSR count). The lowest BCUT2D eigenvalue weighted by molar-refractivity contribution is 0.661. The van der Waals surface area contributed by atoms with E-state index in [0.717, 1.165) is 5.52 Å². The largest absolute Gasteiger partial charge is 0.309 e. The van der Waals surface area contributed by atoms with Gasteiger partial charge in [-0.25, -0.2) is 0 Å². The van der Waals surface area contributed by atoms with Gasteiger partial charge in [-0.2, -0.15) is 0 Å². The molecule has 2 heteroatoms. The summed E-state index contributed by atoms with van der Waals surface area (Å²) in [6, 6.07) is 42.1. The fourth-order valence-corrected chi connectivity index (χ4v) is 6.49. The third-order valence-electron chi connectivity index (χ3n) is 8.42. The molecule has 0 aliphatic heterocycles. The van der Waals surface area contributed by atoms with Crippen molar-refractivity contribution in [1.82, 2.24) is 9.55 Å². The van der Waals surface area contributed by atoms with Crippen LogP contribution in [0.15, 0.2) is 121 Å². The molecule has 0 saturated heterocycles. The first-order chi connectivity index (χ1) is 18.6. The van der Waals surface area contributed by atoms with E-state index in [1.807, 2.05) is 12.3 Å². The molecule has 0 N–H and O–H groups in total. The van der Waals surface area contributed by atoms with E-state index in [1.165, 1.54) is 66.3 Å². The van der Waals surface area contributed by atoms with E-state index in [9.17, 15) is 0 Å². The Morgan fingerprint density at radius 1 is 0.579 bits per heavy atom. The van der Waals surface area contributed by atoms with E-state index in [0.29, 0.717) is 0 Å². The predicted octanol–water partition coefficient (Wildman–Crippen LogP) is 9.31. The molecule has 2 heterocycles. The van der Waals surface area contributed by atoms with Gasteiger partial charge in [0, 0.05) is 33.5 Å². The molecule has 1 aliphatic carbocycles. The Kier molecular flexibility index (Phi) is 4.31. The average molecular weight is 487 g/mol. The maximum Gasteiger partial charge on any atom is 0.0705 e. The lowest BCUT2D eigenvalue weighted by Gasteiger charge is -2.22. The highest BCUT2D eigenvalue weighted by molar-refractivity contribution is 6.10. The molecule has 0 atom stereocenters. The number of aromatic nitrogens is 2. The number of hydrogen-bond donors (Lipinski definition) is 0. The highest BCUT2D eigenvalue weighted by atomic mass is 15.0. The number of rotatable bonds is 2. The third kappa shape index (κ3) is 2.92. The number of fused-ring (bicyclic) bond motifs is 7. The van der Waals surface area contributed by atoms with Crippen LogP contribution in [0.2, 0.25) is 0 Å². The summed E-state index contributed by atoms with van der Waals surface area (Å²) in [6.07, 6.45) is 1.88. The van der Waals surface area contributed by atoms with Crippen molar-refractivity contribution in [2.24, 2.45) is 0 Å². The van der Waals surface area contributed by atoms with Gasteiger partial charge in [-0.1, -0.05) is 74.5 Å². The van der Waals surface area contributed by atoms with Crippen molar-refractivity contribution in [1.29, 1.82) is 0 Å². The Morgan fingerprint density at radius 3 is 2.21 bits per heavy atom. The molecule has 0 unspecified atom stereocenters.